The summed E-state index contributed by atoms with van der Waals surface area (Å²) >= 11 is 3.40. The summed E-state index contributed by atoms with van der Waals surface area (Å²) in [5.74, 6) is 1.67. The predicted octanol–water partition coefficient (Wildman–Crippen LogP) is 5.53. The predicted molar refractivity (Wildman–Crippen MR) is 108 cm³/mol. The molecule has 0 amide bonds. The van der Waals surface area contributed by atoms with Crippen molar-refractivity contribution in [2.45, 2.75) is 26.1 Å². The molecule has 0 aliphatic carbocycles. The molecule has 8 nitrogen and oxygen atoms in total. The number of halogens is 4. The molecule has 12 heteroatoms. The van der Waals surface area contributed by atoms with Crippen LogP contribution in [0.4, 0.5) is 24.7 Å². The van der Waals surface area contributed by atoms with Gasteiger partial charge in [-0.1, -0.05) is 0 Å². The van der Waals surface area contributed by atoms with E-state index in [2.05, 4.69) is 31.2 Å². The highest BCUT2D eigenvalue weighted by molar-refractivity contribution is 9.10. The Kier molecular flexibility index (Phi) is 5.12. The average Bonchev–Trinajstić information content (AvgIpc) is 3.19. The Morgan fingerprint density at radius 3 is 2.58 bits per heavy atom. The first kappa shape index (κ1) is 21.1. The van der Waals surface area contributed by atoms with Crippen LogP contribution in [0.1, 0.15) is 29.9 Å². The Hall–Kier alpha value is -3.15. The van der Waals surface area contributed by atoms with Crippen molar-refractivity contribution < 1.29 is 27.6 Å². The maximum atomic E-state index is 13.2. The van der Waals surface area contributed by atoms with E-state index in [9.17, 15) is 23.3 Å². The van der Waals surface area contributed by atoms with Gasteiger partial charge < -0.3 is 14.8 Å². The first-order chi connectivity index (χ1) is 14.5. The molecule has 1 N–H and O–H groups in total. The molecule has 1 aromatic heterocycles. The van der Waals surface area contributed by atoms with Crippen LogP contribution in [0.5, 0.6) is 11.5 Å². The highest BCUT2D eigenvalue weighted by Gasteiger charge is 2.33. The number of hydrogen-bond donors (Lipinski definition) is 1. The van der Waals surface area contributed by atoms with Gasteiger partial charge in [-0.05, 0) is 47.5 Å². The molecule has 2 aromatic carbocycles. The maximum Gasteiger partial charge on any atom is 0.416 e. The zero-order valence-electron chi connectivity index (χ0n) is 16.1. The van der Waals surface area contributed by atoms with Gasteiger partial charge >= 0.3 is 6.18 Å². The SMILES string of the molecule is Cc1nc(N[C@H](C)c2cc([N+](=O)[O-])cc(C(F)(F)F)c2)c2cc(Br)c3c(c2n1)OCO3. The lowest BCUT2D eigenvalue weighted by molar-refractivity contribution is -0.385. The number of nitro groups is 1. The van der Waals surface area contributed by atoms with Gasteiger partial charge in [0.1, 0.15) is 17.2 Å². The molecule has 162 valence electrons. The number of nitro benzene ring substituents is 1. The molecule has 0 radical (unpaired) electrons. The van der Waals surface area contributed by atoms with Crippen molar-refractivity contribution in [3.05, 3.63) is 55.8 Å². The van der Waals surface area contributed by atoms with Crippen molar-refractivity contribution in [2.24, 2.45) is 0 Å². The summed E-state index contributed by atoms with van der Waals surface area (Å²) < 4.78 is 51.3. The Morgan fingerprint density at radius 1 is 1.19 bits per heavy atom. The Balaban J connectivity index is 1.79. The molecular weight excluding hydrogens is 485 g/mol. The number of nitrogens with one attached hydrogen (secondary N) is 1. The fourth-order valence-electron chi connectivity index (χ4n) is 3.27. The van der Waals surface area contributed by atoms with Gasteiger partial charge in [-0.15, -0.1) is 0 Å². The molecule has 1 aliphatic rings. The third kappa shape index (κ3) is 3.94. The number of fused-ring (bicyclic) bond motifs is 3. The summed E-state index contributed by atoms with van der Waals surface area (Å²) in [6, 6.07) is 3.48. The lowest BCUT2D eigenvalue weighted by atomic mass is 10.0. The zero-order valence-corrected chi connectivity index (χ0v) is 17.7. The third-order valence-electron chi connectivity index (χ3n) is 4.70. The number of hydrogen-bond acceptors (Lipinski definition) is 7. The summed E-state index contributed by atoms with van der Waals surface area (Å²) in [6.45, 7) is 3.28. The van der Waals surface area contributed by atoms with Gasteiger partial charge in [-0.25, -0.2) is 9.97 Å². The third-order valence-corrected chi connectivity index (χ3v) is 5.29. The average molecular weight is 499 g/mol. The number of aryl methyl sites for hydroxylation is 1. The molecule has 1 atom stereocenters. The molecule has 3 aromatic rings. The van der Waals surface area contributed by atoms with Crippen LogP contribution in [0.15, 0.2) is 28.7 Å². The van der Waals surface area contributed by atoms with Gasteiger partial charge in [0.2, 0.25) is 6.79 Å². The molecule has 31 heavy (non-hydrogen) atoms. The molecule has 0 fully saturated rings. The smallest absolute Gasteiger partial charge is 0.416 e. The van der Waals surface area contributed by atoms with Crippen LogP contribution in [-0.2, 0) is 6.18 Å². The zero-order chi connectivity index (χ0) is 22.5. The second-order valence-electron chi connectivity index (χ2n) is 6.87. The summed E-state index contributed by atoms with van der Waals surface area (Å²) in [5, 5.41) is 14.7. The molecule has 4 rings (SSSR count). The van der Waals surface area contributed by atoms with E-state index in [1.54, 1.807) is 19.9 Å². The molecule has 0 saturated carbocycles. The van der Waals surface area contributed by atoms with E-state index in [1.165, 1.54) is 0 Å². The van der Waals surface area contributed by atoms with Crippen LogP contribution in [0.3, 0.4) is 0 Å². The maximum absolute atomic E-state index is 13.2. The van der Waals surface area contributed by atoms with E-state index in [0.717, 1.165) is 12.1 Å². The quantitative estimate of drug-likeness (QED) is 0.372. The van der Waals surface area contributed by atoms with Crippen LogP contribution in [0, 0.1) is 17.0 Å². The van der Waals surface area contributed by atoms with E-state index < -0.39 is 28.4 Å². The van der Waals surface area contributed by atoms with Gasteiger partial charge in [0.05, 0.1) is 21.0 Å². The number of alkyl halides is 3. The Labute approximate surface area is 181 Å². The minimum Gasteiger partial charge on any atom is -0.452 e. The molecule has 0 unspecified atom stereocenters. The molecule has 0 saturated heterocycles. The van der Waals surface area contributed by atoms with Gasteiger partial charge in [-0.3, -0.25) is 10.1 Å². The van der Waals surface area contributed by atoms with Crippen LogP contribution < -0.4 is 14.8 Å². The Bertz CT molecular complexity index is 1220. The van der Waals surface area contributed by atoms with Crippen LogP contribution >= 0.6 is 15.9 Å². The number of ether oxygens (including phenoxy) is 2. The van der Waals surface area contributed by atoms with E-state index in [0.29, 0.717) is 44.6 Å². The second-order valence-corrected chi connectivity index (χ2v) is 7.73. The number of non-ortho nitro benzene ring substituents is 1. The van der Waals surface area contributed by atoms with E-state index >= 15 is 0 Å². The standard InChI is InChI=1S/C19H14BrF3N4O4/c1-8(10-3-11(19(21,22)23)5-12(4-10)27(28)29)24-18-13-6-14(20)16-17(31-7-30-16)15(13)25-9(2)26-18/h3-6,8H,7H2,1-2H3,(H,24,25,26)/t8-/m1/s1. The van der Waals surface area contributed by atoms with Crippen molar-refractivity contribution in [3.63, 3.8) is 0 Å². The first-order valence-corrected chi connectivity index (χ1v) is 9.73. The van der Waals surface area contributed by atoms with Gasteiger partial charge in [-0.2, -0.15) is 13.2 Å². The number of rotatable bonds is 4. The topological polar surface area (TPSA) is 99.4 Å². The summed E-state index contributed by atoms with van der Waals surface area (Å²) in [4.78, 5) is 19.1. The summed E-state index contributed by atoms with van der Waals surface area (Å²) in [6.07, 6.45) is -4.72. The van der Waals surface area contributed by atoms with Crippen LogP contribution in [0.2, 0.25) is 0 Å². The normalized spacial score (nSPS) is 14.0. The highest BCUT2D eigenvalue weighted by Crippen LogP contribution is 2.45. The molecule has 0 bridgehead atoms. The van der Waals surface area contributed by atoms with Crippen molar-refractivity contribution >= 4 is 38.3 Å². The minimum absolute atomic E-state index is 0.0309. The van der Waals surface area contributed by atoms with Gasteiger partial charge in [0, 0.05) is 17.5 Å². The van der Waals surface area contributed by atoms with Crippen molar-refractivity contribution in [3.8, 4) is 11.5 Å². The first-order valence-electron chi connectivity index (χ1n) is 8.94. The number of benzene rings is 2. The van der Waals surface area contributed by atoms with Gasteiger partial charge in [0.25, 0.3) is 5.69 Å². The number of aromatic nitrogens is 2. The summed E-state index contributed by atoms with van der Waals surface area (Å²) in [5.41, 5.74) is -1.17. The lowest BCUT2D eigenvalue weighted by Crippen LogP contribution is -2.13. The lowest BCUT2D eigenvalue weighted by Gasteiger charge is -2.18. The van der Waals surface area contributed by atoms with E-state index in [4.69, 9.17) is 9.47 Å². The monoisotopic (exact) mass is 498 g/mol. The largest absolute Gasteiger partial charge is 0.452 e. The fraction of sp³-hybridized carbons (Fsp3) is 0.263. The van der Waals surface area contributed by atoms with Crippen molar-refractivity contribution in [1.82, 2.24) is 9.97 Å². The molecule has 0 spiro atoms. The van der Waals surface area contributed by atoms with Crippen LogP contribution in [0.25, 0.3) is 10.9 Å². The van der Waals surface area contributed by atoms with Crippen LogP contribution in [-0.4, -0.2) is 21.7 Å². The fourth-order valence-corrected chi connectivity index (χ4v) is 3.79. The molecule has 2 heterocycles. The minimum atomic E-state index is -4.72. The Morgan fingerprint density at radius 2 is 1.90 bits per heavy atom. The molecular formula is C19H14BrF3N4O4. The molecule has 1 aliphatic heterocycles. The number of anilines is 1. The summed E-state index contributed by atoms with van der Waals surface area (Å²) in [7, 11) is 0. The number of nitrogens with zero attached hydrogens (tertiary/aromatic N) is 3. The second kappa shape index (κ2) is 7.52. The highest BCUT2D eigenvalue weighted by atomic mass is 79.9. The van der Waals surface area contributed by atoms with E-state index in [-0.39, 0.29) is 12.4 Å². The van der Waals surface area contributed by atoms with Gasteiger partial charge in [0.15, 0.2) is 11.5 Å². The van der Waals surface area contributed by atoms with Crippen molar-refractivity contribution in [2.75, 3.05) is 12.1 Å². The van der Waals surface area contributed by atoms with Crippen molar-refractivity contribution in [1.29, 1.82) is 0 Å². The van der Waals surface area contributed by atoms with E-state index in [1.807, 2.05) is 0 Å².